The molecule has 1 fully saturated rings. The summed E-state index contributed by atoms with van der Waals surface area (Å²) in [4.78, 5) is 17.0. The third kappa shape index (κ3) is 4.27. The fourth-order valence-corrected chi connectivity index (χ4v) is 3.39. The van der Waals surface area contributed by atoms with Crippen molar-refractivity contribution in [3.8, 4) is 5.69 Å². The van der Waals surface area contributed by atoms with Crippen LogP contribution in [0, 0.1) is 0 Å². The molecule has 3 aromatic rings. The first-order valence-electron chi connectivity index (χ1n) is 9.41. The summed E-state index contributed by atoms with van der Waals surface area (Å²) >= 11 is 1.32. The number of hydrogen-bond acceptors (Lipinski definition) is 5. The van der Waals surface area contributed by atoms with Gasteiger partial charge < -0.3 is 5.32 Å². The summed E-state index contributed by atoms with van der Waals surface area (Å²) in [5.74, 6) is 2.15. The van der Waals surface area contributed by atoms with Crippen molar-refractivity contribution < 1.29 is 4.79 Å². The lowest BCUT2D eigenvalue weighted by Crippen LogP contribution is -2.17. The molecule has 146 valence electrons. The van der Waals surface area contributed by atoms with E-state index in [1.807, 2.05) is 36.4 Å². The Morgan fingerprint density at radius 3 is 2.68 bits per heavy atom. The van der Waals surface area contributed by atoms with Gasteiger partial charge in [-0.15, -0.1) is 5.10 Å². The van der Waals surface area contributed by atoms with Crippen LogP contribution in [0.1, 0.15) is 51.0 Å². The first kappa shape index (κ1) is 18.7. The van der Waals surface area contributed by atoms with Crippen LogP contribution >= 0.6 is 11.8 Å². The van der Waals surface area contributed by atoms with Gasteiger partial charge in [0.2, 0.25) is 11.1 Å². The van der Waals surface area contributed by atoms with Gasteiger partial charge in [-0.25, -0.2) is 9.67 Å². The number of amides is 1. The van der Waals surface area contributed by atoms with E-state index in [1.54, 1.807) is 4.68 Å². The third-order valence-electron chi connectivity index (χ3n) is 4.50. The number of thioether (sulfide) groups is 1. The zero-order valence-electron chi connectivity index (χ0n) is 16.3. The standard InChI is InChI=1S/C20H24N6OS/c1-20(2,3)18-22-19(24-23-18)28-12-17(27)21-16-11-15(13-9-10-13)25-26(16)14-7-5-4-6-8-14/h4-8,11,13H,9-10,12H2,1-3H3,(H,21,27)(H,22,23,24). The van der Waals surface area contributed by atoms with Crippen LogP contribution in [0.25, 0.3) is 5.69 Å². The number of nitrogens with one attached hydrogen (secondary N) is 2. The van der Waals surface area contributed by atoms with Gasteiger partial charge in [-0.3, -0.25) is 9.89 Å². The maximum absolute atomic E-state index is 12.5. The van der Waals surface area contributed by atoms with Crippen molar-refractivity contribution in [1.82, 2.24) is 25.0 Å². The predicted octanol–water partition coefficient (Wildman–Crippen LogP) is 3.90. The van der Waals surface area contributed by atoms with E-state index in [0.717, 1.165) is 30.0 Å². The van der Waals surface area contributed by atoms with Crippen molar-refractivity contribution in [2.45, 2.75) is 50.1 Å². The SMILES string of the molecule is CC(C)(C)c1nc(SCC(=O)Nc2cc(C3CC3)nn2-c2ccccc2)n[nH]1. The minimum absolute atomic E-state index is 0.102. The molecule has 0 bridgehead atoms. The van der Waals surface area contributed by atoms with Gasteiger partial charge in [0.15, 0.2) is 0 Å². The van der Waals surface area contributed by atoms with E-state index in [1.165, 1.54) is 11.8 Å². The second-order valence-corrected chi connectivity index (χ2v) is 8.97. The van der Waals surface area contributed by atoms with Crippen LogP contribution in [-0.4, -0.2) is 36.6 Å². The molecule has 8 heteroatoms. The smallest absolute Gasteiger partial charge is 0.236 e. The summed E-state index contributed by atoms with van der Waals surface area (Å²) in [6, 6.07) is 11.8. The van der Waals surface area contributed by atoms with E-state index in [-0.39, 0.29) is 17.1 Å². The fraction of sp³-hybridized carbons (Fsp3) is 0.400. The number of aromatic amines is 1. The molecule has 2 N–H and O–H groups in total. The first-order valence-corrected chi connectivity index (χ1v) is 10.4. The Hall–Kier alpha value is -2.61. The number of rotatable bonds is 6. The van der Waals surface area contributed by atoms with Crippen LogP contribution in [-0.2, 0) is 10.2 Å². The molecule has 2 aromatic heterocycles. The van der Waals surface area contributed by atoms with Gasteiger partial charge >= 0.3 is 0 Å². The quantitative estimate of drug-likeness (QED) is 0.617. The molecule has 1 saturated carbocycles. The molecule has 28 heavy (non-hydrogen) atoms. The van der Waals surface area contributed by atoms with E-state index in [0.29, 0.717) is 16.9 Å². The number of para-hydroxylation sites is 1. The molecule has 2 heterocycles. The molecule has 0 saturated heterocycles. The molecular formula is C20H24N6OS. The van der Waals surface area contributed by atoms with Crippen LogP contribution in [0.5, 0.6) is 0 Å². The lowest BCUT2D eigenvalue weighted by molar-refractivity contribution is -0.113. The Labute approximate surface area is 168 Å². The minimum Gasteiger partial charge on any atom is -0.310 e. The molecule has 1 aromatic carbocycles. The minimum atomic E-state index is -0.105. The molecule has 0 atom stereocenters. The molecule has 1 amide bonds. The Morgan fingerprint density at radius 1 is 1.29 bits per heavy atom. The first-order chi connectivity index (χ1) is 13.4. The average molecular weight is 397 g/mol. The Morgan fingerprint density at radius 2 is 2.04 bits per heavy atom. The van der Waals surface area contributed by atoms with Gasteiger partial charge in [0.05, 0.1) is 17.1 Å². The van der Waals surface area contributed by atoms with Gasteiger partial charge in [-0.2, -0.15) is 5.10 Å². The van der Waals surface area contributed by atoms with Gasteiger partial charge in [-0.1, -0.05) is 50.7 Å². The van der Waals surface area contributed by atoms with Crippen molar-refractivity contribution in [2.75, 3.05) is 11.1 Å². The fourth-order valence-electron chi connectivity index (χ4n) is 2.79. The second-order valence-electron chi connectivity index (χ2n) is 8.03. The van der Waals surface area contributed by atoms with E-state index in [2.05, 4.69) is 41.3 Å². The molecule has 0 unspecified atom stereocenters. The van der Waals surface area contributed by atoms with E-state index < -0.39 is 0 Å². The van der Waals surface area contributed by atoms with Crippen LogP contribution < -0.4 is 5.32 Å². The summed E-state index contributed by atoms with van der Waals surface area (Å²) in [5, 5.41) is 15.4. The van der Waals surface area contributed by atoms with Gasteiger partial charge in [0.25, 0.3) is 0 Å². The number of carbonyl (C=O) groups excluding carboxylic acids is 1. The maximum Gasteiger partial charge on any atom is 0.236 e. The number of nitrogens with zero attached hydrogens (tertiary/aromatic N) is 4. The lowest BCUT2D eigenvalue weighted by atomic mass is 9.96. The molecule has 1 aliphatic rings. The van der Waals surface area contributed by atoms with Crippen molar-refractivity contribution in [1.29, 1.82) is 0 Å². The zero-order chi connectivity index (χ0) is 19.7. The highest BCUT2D eigenvalue weighted by Crippen LogP contribution is 2.40. The Balaban J connectivity index is 1.45. The summed E-state index contributed by atoms with van der Waals surface area (Å²) in [6.45, 7) is 6.20. The number of anilines is 1. The Kier molecular flexibility index (Phi) is 4.97. The topological polar surface area (TPSA) is 88.5 Å². The summed E-state index contributed by atoms with van der Waals surface area (Å²) in [5.41, 5.74) is 1.87. The molecule has 0 radical (unpaired) electrons. The molecule has 4 rings (SSSR count). The number of aromatic nitrogens is 5. The highest BCUT2D eigenvalue weighted by atomic mass is 32.2. The molecule has 0 aliphatic heterocycles. The third-order valence-corrected chi connectivity index (χ3v) is 5.35. The number of hydrogen-bond donors (Lipinski definition) is 2. The Bertz CT molecular complexity index is 968. The van der Waals surface area contributed by atoms with Gasteiger partial charge in [0.1, 0.15) is 11.6 Å². The average Bonchev–Trinajstić information content (AvgIpc) is 3.24. The van der Waals surface area contributed by atoms with Crippen molar-refractivity contribution in [2.24, 2.45) is 0 Å². The highest BCUT2D eigenvalue weighted by Gasteiger charge is 2.28. The monoisotopic (exact) mass is 396 g/mol. The molecule has 7 nitrogen and oxygen atoms in total. The van der Waals surface area contributed by atoms with E-state index in [9.17, 15) is 4.79 Å². The predicted molar refractivity (Wildman–Crippen MR) is 110 cm³/mol. The van der Waals surface area contributed by atoms with E-state index >= 15 is 0 Å². The number of H-pyrrole nitrogens is 1. The number of carbonyl (C=O) groups is 1. The van der Waals surface area contributed by atoms with Crippen molar-refractivity contribution in [3.05, 3.63) is 47.9 Å². The summed E-state index contributed by atoms with van der Waals surface area (Å²) in [7, 11) is 0. The summed E-state index contributed by atoms with van der Waals surface area (Å²) in [6.07, 6.45) is 2.33. The molecular weight excluding hydrogens is 372 g/mol. The van der Waals surface area contributed by atoms with Crippen LogP contribution in [0.2, 0.25) is 0 Å². The van der Waals surface area contributed by atoms with Crippen LogP contribution in [0.4, 0.5) is 5.82 Å². The van der Waals surface area contributed by atoms with Gasteiger partial charge in [-0.05, 0) is 25.0 Å². The van der Waals surface area contributed by atoms with Crippen LogP contribution in [0.3, 0.4) is 0 Å². The number of benzene rings is 1. The zero-order valence-corrected chi connectivity index (χ0v) is 17.1. The maximum atomic E-state index is 12.5. The molecule has 0 spiro atoms. The van der Waals surface area contributed by atoms with Crippen LogP contribution in [0.15, 0.2) is 41.6 Å². The lowest BCUT2D eigenvalue weighted by Gasteiger charge is -2.12. The van der Waals surface area contributed by atoms with Gasteiger partial charge in [0, 0.05) is 17.4 Å². The highest BCUT2D eigenvalue weighted by molar-refractivity contribution is 7.99. The van der Waals surface area contributed by atoms with Crippen molar-refractivity contribution in [3.63, 3.8) is 0 Å². The van der Waals surface area contributed by atoms with Crippen molar-refractivity contribution >= 4 is 23.5 Å². The summed E-state index contributed by atoms with van der Waals surface area (Å²) < 4.78 is 1.81. The van der Waals surface area contributed by atoms with E-state index in [4.69, 9.17) is 5.10 Å². The second kappa shape index (κ2) is 7.43. The molecule has 1 aliphatic carbocycles. The normalized spacial score (nSPS) is 14.2. The largest absolute Gasteiger partial charge is 0.310 e.